The van der Waals surface area contributed by atoms with E-state index in [0.29, 0.717) is 18.5 Å². The molecule has 1 unspecified atom stereocenters. The van der Waals surface area contributed by atoms with Crippen LogP contribution in [0.5, 0.6) is 0 Å². The number of aromatic nitrogens is 4. The van der Waals surface area contributed by atoms with Crippen molar-refractivity contribution in [2.45, 2.75) is 46.8 Å². The van der Waals surface area contributed by atoms with E-state index in [1.165, 1.54) is 0 Å². The van der Waals surface area contributed by atoms with E-state index in [0.717, 1.165) is 22.2 Å². The molecule has 0 aromatic heterocycles. The fourth-order valence-corrected chi connectivity index (χ4v) is 3.37. The first kappa shape index (κ1) is 21.4. The third-order valence-electron chi connectivity index (χ3n) is 5.03. The van der Waals surface area contributed by atoms with Crippen LogP contribution < -0.4 is 11.2 Å². The number of H-pyrrole nitrogens is 1. The summed E-state index contributed by atoms with van der Waals surface area (Å²) in [5.74, 6) is 0.227. The van der Waals surface area contributed by atoms with Gasteiger partial charge in [-0.1, -0.05) is 44.2 Å². The zero-order valence-corrected chi connectivity index (χ0v) is 17.6. The van der Waals surface area contributed by atoms with E-state index in [9.17, 15) is 14.7 Å². The lowest BCUT2D eigenvalue weighted by Gasteiger charge is -2.19. The molecule has 1 atom stereocenters. The highest BCUT2D eigenvalue weighted by molar-refractivity contribution is 5.81. The first-order valence-electron chi connectivity index (χ1n) is 10.1. The fraction of sp³-hybridized carbons (Fsp3) is 0.304. The number of nitrogens with one attached hydrogen (secondary N) is 1. The van der Waals surface area contributed by atoms with Gasteiger partial charge in [0.1, 0.15) is 0 Å². The van der Waals surface area contributed by atoms with E-state index in [1.807, 2.05) is 70.2 Å². The third kappa shape index (κ3) is 4.16. The van der Waals surface area contributed by atoms with Gasteiger partial charge in [-0.3, -0.25) is 9.78 Å². The zero-order chi connectivity index (χ0) is 21.8. The number of nitrogens with zero attached hydrogens (tertiary/aromatic N) is 3. The van der Waals surface area contributed by atoms with Crippen molar-refractivity contribution in [1.29, 1.82) is 0 Å². The molecule has 0 aliphatic carbocycles. The highest BCUT2D eigenvalue weighted by Crippen LogP contribution is 2.25. The summed E-state index contributed by atoms with van der Waals surface area (Å²) in [6.07, 6.45) is -0.273. The van der Waals surface area contributed by atoms with Crippen molar-refractivity contribution >= 4 is 11.0 Å². The van der Waals surface area contributed by atoms with Crippen LogP contribution in [0.4, 0.5) is 0 Å². The van der Waals surface area contributed by atoms with Gasteiger partial charge in [0.15, 0.2) is 11.5 Å². The Morgan fingerprint density at radius 3 is 2.40 bits per heavy atom. The second-order valence-corrected chi connectivity index (χ2v) is 6.95. The van der Waals surface area contributed by atoms with Crippen molar-refractivity contribution in [3.05, 3.63) is 80.0 Å². The number of rotatable bonds is 4. The standard InChI is InChI=1S/C21H20N4O3.C2H6/c1-12-10-15-16(11-13(12)2)25(9-8-17(26)14-6-4-3-5-7-14)19-18(22-15)20(27)24-21(28)23-19;1-2/h3-7,10-11,17,26H,8-9H2,1-2H3,(H,24,27,28);1-2H3. The summed E-state index contributed by atoms with van der Waals surface area (Å²) in [7, 11) is 0. The minimum atomic E-state index is -0.708. The number of hydrogen-bond acceptors (Lipinski definition) is 5. The third-order valence-corrected chi connectivity index (χ3v) is 5.03. The Kier molecular flexibility index (Phi) is 6.42. The number of aliphatic hydroxyl groups excluding tert-OH is 1. The molecule has 4 rings (SSSR count). The molecule has 156 valence electrons. The van der Waals surface area contributed by atoms with Gasteiger partial charge in [0.25, 0.3) is 5.56 Å². The Morgan fingerprint density at radius 2 is 1.70 bits per heavy atom. The lowest BCUT2D eigenvalue weighted by molar-refractivity contribution is 0.161. The average molecular weight is 406 g/mol. The summed E-state index contributed by atoms with van der Waals surface area (Å²) >= 11 is 0. The van der Waals surface area contributed by atoms with Gasteiger partial charge in [-0.05, 0) is 49.1 Å². The van der Waals surface area contributed by atoms with Crippen molar-refractivity contribution < 1.29 is 5.11 Å². The van der Waals surface area contributed by atoms with Crippen molar-refractivity contribution in [1.82, 2.24) is 19.5 Å². The van der Waals surface area contributed by atoms with E-state index in [2.05, 4.69) is 15.0 Å². The maximum Gasteiger partial charge on any atom is 0.349 e. The lowest BCUT2D eigenvalue weighted by atomic mass is 10.1. The van der Waals surface area contributed by atoms with Gasteiger partial charge in [-0.25, -0.2) is 9.78 Å². The normalized spacial score (nSPS) is 11.9. The highest BCUT2D eigenvalue weighted by atomic mass is 16.3. The minimum Gasteiger partial charge on any atom is -0.388 e. The topological polar surface area (TPSA) is 101 Å². The highest BCUT2D eigenvalue weighted by Gasteiger charge is 2.20. The lowest BCUT2D eigenvalue weighted by Crippen LogP contribution is -2.29. The van der Waals surface area contributed by atoms with Gasteiger partial charge in [0.2, 0.25) is 0 Å². The molecule has 30 heavy (non-hydrogen) atoms. The molecule has 2 aliphatic rings. The van der Waals surface area contributed by atoms with Crippen LogP contribution in [0.2, 0.25) is 0 Å². The molecule has 2 heterocycles. The Morgan fingerprint density at radius 1 is 1.03 bits per heavy atom. The van der Waals surface area contributed by atoms with Gasteiger partial charge < -0.3 is 9.67 Å². The van der Waals surface area contributed by atoms with Gasteiger partial charge >= 0.3 is 5.69 Å². The summed E-state index contributed by atoms with van der Waals surface area (Å²) < 4.78 is 1.80. The number of aromatic amines is 1. The van der Waals surface area contributed by atoms with Crippen molar-refractivity contribution in [3.63, 3.8) is 0 Å². The Bertz CT molecular complexity index is 1250. The maximum absolute atomic E-state index is 12.3. The summed E-state index contributed by atoms with van der Waals surface area (Å²) in [5.41, 5.74) is 3.20. The Balaban J connectivity index is 0.00000124. The minimum absolute atomic E-state index is 0.115. The molecule has 0 radical (unpaired) electrons. The van der Waals surface area contributed by atoms with Crippen LogP contribution in [0.1, 0.15) is 43.1 Å². The molecule has 2 aromatic carbocycles. The summed E-state index contributed by atoms with van der Waals surface area (Å²) in [6.45, 7) is 8.35. The van der Waals surface area contributed by atoms with Gasteiger partial charge in [0.05, 0.1) is 17.1 Å². The second kappa shape index (κ2) is 9.00. The van der Waals surface area contributed by atoms with Gasteiger partial charge in [0, 0.05) is 6.54 Å². The first-order valence-corrected chi connectivity index (χ1v) is 10.1. The molecular formula is C23H26N4O3. The molecule has 0 saturated heterocycles. The molecule has 2 N–H and O–H groups in total. The molecule has 2 aliphatic heterocycles. The van der Waals surface area contributed by atoms with Crippen molar-refractivity contribution in [3.8, 4) is 11.5 Å². The van der Waals surface area contributed by atoms with Crippen molar-refractivity contribution in [2.24, 2.45) is 0 Å². The largest absolute Gasteiger partial charge is 0.388 e. The monoisotopic (exact) mass is 406 g/mol. The van der Waals surface area contributed by atoms with Gasteiger partial charge in [-0.2, -0.15) is 4.98 Å². The Hall–Kier alpha value is -3.32. The second-order valence-electron chi connectivity index (χ2n) is 6.95. The van der Waals surface area contributed by atoms with E-state index in [-0.39, 0.29) is 11.5 Å². The van der Waals surface area contributed by atoms with E-state index in [1.54, 1.807) is 4.57 Å². The molecule has 0 saturated carbocycles. The molecule has 0 fully saturated rings. The smallest absolute Gasteiger partial charge is 0.349 e. The van der Waals surface area contributed by atoms with Crippen LogP contribution in [-0.4, -0.2) is 24.6 Å². The van der Waals surface area contributed by atoms with E-state index >= 15 is 0 Å². The van der Waals surface area contributed by atoms with Crippen LogP contribution >= 0.6 is 0 Å². The van der Waals surface area contributed by atoms with Crippen LogP contribution in [0, 0.1) is 13.8 Å². The van der Waals surface area contributed by atoms with Crippen LogP contribution in [0.25, 0.3) is 22.6 Å². The SMILES string of the molecule is CC.Cc1cc2nc3c(=O)[nH]c(=O)nc-3n(CCC(O)c3ccccc3)c2cc1C. The van der Waals surface area contributed by atoms with Gasteiger partial charge in [-0.15, -0.1) is 0 Å². The molecule has 0 bridgehead atoms. The quantitative estimate of drug-likeness (QED) is 0.506. The molecular weight excluding hydrogens is 380 g/mol. The maximum atomic E-state index is 12.3. The average Bonchev–Trinajstić information content (AvgIpc) is 2.75. The Labute approximate surface area is 174 Å². The predicted octanol–water partition coefficient (Wildman–Crippen LogP) is 3.35. The summed E-state index contributed by atoms with van der Waals surface area (Å²) in [5, 5.41) is 10.6. The van der Waals surface area contributed by atoms with Crippen molar-refractivity contribution in [2.75, 3.05) is 0 Å². The number of aryl methyl sites for hydroxylation is 3. The van der Waals surface area contributed by atoms with Crippen LogP contribution in [-0.2, 0) is 6.54 Å². The molecule has 0 spiro atoms. The first-order chi connectivity index (χ1) is 14.4. The van der Waals surface area contributed by atoms with Crippen LogP contribution in [0.15, 0.2) is 52.1 Å². The summed E-state index contributed by atoms with van der Waals surface area (Å²) in [4.78, 5) is 34.7. The predicted molar refractivity (Wildman–Crippen MR) is 118 cm³/mol. The number of hydrogen-bond donors (Lipinski definition) is 2. The molecule has 7 nitrogen and oxygen atoms in total. The molecule has 2 aromatic rings. The molecule has 7 heteroatoms. The fourth-order valence-electron chi connectivity index (χ4n) is 3.37. The number of benzene rings is 2. The van der Waals surface area contributed by atoms with Crippen LogP contribution in [0.3, 0.4) is 0 Å². The zero-order valence-electron chi connectivity index (χ0n) is 17.6. The van der Waals surface area contributed by atoms with E-state index < -0.39 is 17.4 Å². The molecule has 0 amide bonds. The number of aliphatic hydroxyl groups is 1. The number of fused-ring (bicyclic) bond motifs is 2. The summed E-state index contributed by atoms with van der Waals surface area (Å²) in [6, 6.07) is 13.3. The van der Waals surface area contributed by atoms with E-state index in [4.69, 9.17) is 0 Å².